The molecule has 2 aliphatic rings. The molecule has 3 N–H and O–H groups in total. The summed E-state index contributed by atoms with van der Waals surface area (Å²) in [6.45, 7) is 0.529. The van der Waals surface area contributed by atoms with E-state index in [1.807, 2.05) is 6.07 Å². The zero-order chi connectivity index (χ0) is 30.0. The van der Waals surface area contributed by atoms with Gasteiger partial charge in [0.05, 0.1) is 38.6 Å². The predicted molar refractivity (Wildman–Crippen MR) is 138 cm³/mol. The summed E-state index contributed by atoms with van der Waals surface area (Å²) >= 11 is 0. The molecule has 0 aromatic carbocycles. The summed E-state index contributed by atoms with van der Waals surface area (Å²) in [6, 6.07) is 2.17. The Morgan fingerprint density at radius 1 is 1.19 bits per heavy atom. The third-order valence-electron chi connectivity index (χ3n) is 6.93. The van der Waals surface area contributed by atoms with Crippen LogP contribution in [0.15, 0.2) is 24.7 Å². The lowest BCUT2D eigenvalue weighted by Gasteiger charge is -2.26. The second kappa shape index (κ2) is 11.9. The smallest absolute Gasteiger partial charge is 0.422 e. The number of morpholine rings is 1. The van der Waals surface area contributed by atoms with Crippen LogP contribution >= 0.6 is 0 Å². The minimum atomic E-state index is -4.72. The third kappa shape index (κ3) is 6.30. The average molecular weight is 597 g/mol. The molecule has 0 unspecified atom stereocenters. The summed E-state index contributed by atoms with van der Waals surface area (Å²) in [6.07, 6.45) is -5.00. The number of alkyl halides is 4. The molecule has 0 bridgehead atoms. The van der Waals surface area contributed by atoms with Gasteiger partial charge in [0.2, 0.25) is 5.88 Å². The van der Waals surface area contributed by atoms with Crippen LogP contribution in [0.4, 0.5) is 28.2 Å². The molecule has 3 aromatic heterocycles. The van der Waals surface area contributed by atoms with Crippen molar-refractivity contribution in [2.24, 2.45) is 0 Å². The van der Waals surface area contributed by atoms with Gasteiger partial charge in [0.25, 0.3) is 5.91 Å². The number of ether oxygens (including phenoxy) is 3. The number of amides is 2. The fourth-order valence-electron chi connectivity index (χ4n) is 4.92. The lowest BCUT2D eigenvalue weighted by Crippen LogP contribution is -2.42. The van der Waals surface area contributed by atoms with Crippen LogP contribution in [0.5, 0.6) is 5.88 Å². The number of carbonyl (C=O) groups is 2. The fraction of sp³-hybridized carbons (Fsp3) is 0.480. The largest absolute Gasteiger partial charge is 0.480 e. The Kier molecular flexibility index (Phi) is 8.31. The molecular weight excluding hydrogens is 568 g/mol. The minimum absolute atomic E-state index is 0.0352. The van der Waals surface area contributed by atoms with Crippen molar-refractivity contribution in [1.82, 2.24) is 34.7 Å². The molecule has 0 radical (unpaired) electrons. The first kappa shape index (κ1) is 29.2. The second-order valence-electron chi connectivity index (χ2n) is 9.80. The first-order chi connectivity index (χ1) is 20.0. The number of nitrogens with one attached hydrogen (secondary N) is 1. The van der Waals surface area contributed by atoms with Crippen LogP contribution in [0.25, 0.3) is 16.8 Å². The summed E-state index contributed by atoms with van der Waals surface area (Å²) in [4.78, 5) is 36.6. The minimum Gasteiger partial charge on any atom is -0.480 e. The standard InChI is InChI=1S/C25H28F4N8O5/c1-40-23-16(22(38)34-18-11-36(10-17(18)26)24(39)42-12-25(27,28)29)6-14(8-31-23)19-7-15(9-35-2-4-41-5-3-35)20-21(30)32-13-33-37(19)20/h6-8,13,17-18H,2-5,9-12H2,1H3,(H,34,38)(H2,30,32,33)/t17-,18+/m0/s1. The van der Waals surface area contributed by atoms with E-state index in [1.54, 1.807) is 4.52 Å². The molecule has 17 heteroatoms. The Balaban J connectivity index is 1.38. The van der Waals surface area contributed by atoms with Crippen molar-refractivity contribution >= 4 is 23.3 Å². The number of halogens is 4. The summed E-state index contributed by atoms with van der Waals surface area (Å²) < 4.78 is 68.4. The SMILES string of the molecule is COc1ncc(-c2cc(CN3CCOCC3)c3c(N)ncnn23)cc1C(=O)N[C@@H]1CN(C(=O)OCC(F)(F)F)C[C@@H]1F. The van der Waals surface area contributed by atoms with Crippen molar-refractivity contribution in [3.8, 4) is 17.1 Å². The molecule has 3 aromatic rings. The van der Waals surface area contributed by atoms with Crippen LogP contribution in [-0.4, -0.2) is 113 Å². The van der Waals surface area contributed by atoms with Crippen LogP contribution in [0.2, 0.25) is 0 Å². The molecule has 2 atom stereocenters. The van der Waals surface area contributed by atoms with Gasteiger partial charge in [0.1, 0.15) is 23.6 Å². The van der Waals surface area contributed by atoms with E-state index in [2.05, 4.69) is 30.0 Å². The van der Waals surface area contributed by atoms with Gasteiger partial charge in [-0.25, -0.2) is 23.7 Å². The quantitative estimate of drug-likeness (QED) is 0.386. The number of anilines is 1. The first-order valence-electron chi connectivity index (χ1n) is 12.9. The third-order valence-corrected chi connectivity index (χ3v) is 6.93. The van der Waals surface area contributed by atoms with E-state index in [1.165, 1.54) is 25.7 Å². The number of hydrogen-bond donors (Lipinski definition) is 2. The Labute approximate surface area is 236 Å². The van der Waals surface area contributed by atoms with Gasteiger partial charge in [-0.1, -0.05) is 0 Å². The van der Waals surface area contributed by atoms with Crippen molar-refractivity contribution < 1.29 is 41.4 Å². The molecule has 0 saturated carbocycles. The van der Waals surface area contributed by atoms with Crippen molar-refractivity contribution in [1.29, 1.82) is 0 Å². The molecular formula is C25H28F4N8O5. The van der Waals surface area contributed by atoms with E-state index in [-0.39, 0.29) is 23.8 Å². The molecule has 2 saturated heterocycles. The molecule has 13 nitrogen and oxygen atoms in total. The average Bonchev–Trinajstić information content (AvgIpc) is 3.52. The van der Waals surface area contributed by atoms with E-state index >= 15 is 0 Å². The first-order valence-corrected chi connectivity index (χ1v) is 12.9. The number of fused-ring (bicyclic) bond motifs is 1. The number of nitrogens with zero attached hydrogens (tertiary/aromatic N) is 6. The number of methoxy groups -OCH3 is 1. The highest BCUT2D eigenvalue weighted by molar-refractivity contribution is 5.98. The molecule has 42 heavy (non-hydrogen) atoms. The van der Waals surface area contributed by atoms with Crippen molar-refractivity contribution in [3.63, 3.8) is 0 Å². The predicted octanol–water partition coefficient (Wildman–Crippen LogP) is 1.67. The van der Waals surface area contributed by atoms with Crippen molar-refractivity contribution in [2.75, 3.05) is 58.8 Å². The number of nitrogen functional groups attached to an aromatic ring is 1. The van der Waals surface area contributed by atoms with Gasteiger partial charge in [-0.05, 0) is 17.7 Å². The van der Waals surface area contributed by atoms with Crippen LogP contribution in [0.3, 0.4) is 0 Å². The summed E-state index contributed by atoms with van der Waals surface area (Å²) in [5.41, 5.74) is 8.67. The fourth-order valence-corrected chi connectivity index (χ4v) is 4.92. The molecule has 0 spiro atoms. The topological polar surface area (TPSA) is 149 Å². The normalized spacial score (nSPS) is 19.7. The molecule has 5 rings (SSSR count). The molecule has 0 aliphatic carbocycles. The Morgan fingerprint density at radius 2 is 1.95 bits per heavy atom. The van der Waals surface area contributed by atoms with Crippen molar-refractivity contribution in [2.45, 2.75) is 24.9 Å². The van der Waals surface area contributed by atoms with Gasteiger partial charge in [0.15, 0.2) is 12.4 Å². The molecule has 2 fully saturated rings. The van der Waals surface area contributed by atoms with E-state index in [4.69, 9.17) is 15.2 Å². The number of likely N-dealkylation sites (tertiary alicyclic amines) is 1. The maximum Gasteiger partial charge on any atom is 0.422 e. The molecule has 5 heterocycles. The number of rotatable bonds is 7. The highest BCUT2D eigenvalue weighted by Gasteiger charge is 2.39. The Hall–Kier alpha value is -4.25. The van der Waals surface area contributed by atoms with E-state index in [9.17, 15) is 27.2 Å². The zero-order valence-electron chi connectivity index (χ0n) is 22.4. The number of carbonyl (C=O) groups excluding carboxylic acids is 2. The van der Waals surface area contributed by atoms with E-state index in [0.717, 1.165) is 23.6 Å². The number of nitrogens with two attached hydrogens (primary N) is 1. The summed E-state index contributed by atoms with van der Waals surface area (Å²) in [7, 11) is 1.31. The van der Waals surface area contributed by atoms with Gasteiger partial charge in [-0.15, -0.1) is 0 Å². The highest BCUT2D eigenvalue weighted by atomic mass is 19.4. The van der Waals surface area contributed by atoms with Gasteiger partial charge in [-0.3, -0.25) is 9.69 Å². The van der Waals surface area contributed by atoms with E-state index < -0.39 is 43.5 Å². The van der Waals surface area contributed by atoms with Gasteiger partial charge >= 0.3 is 12.3 Å². The highest BCUT2D eigenvalue weighted by Crippen LogP contribution is 2.31. The maximum absolute atomic E-state index is 14.7. The van der Waals surface area contributed by atoms with Crippen LogP contribution in [0.1, 0.15) is 15.9 Å². The monoisotopic (exact) mass is 596 g/mol. The molecule has 2 aliphatic heterocycles. The number of hydrogen-bond acceptors (Lipinski definition) is 10. The van der Waals surface area contributed by atoms with Gasteiger partial charge in [-0.2, -0.15) is 18.3 Å². The molecule has 226 valence electrons. The van der Waals surface area contributed by atoms with E-state index in [0.29, 0.717) is 36.5 Å². The summed E-state index contributed by atoms with van der Waals surface area (Å²) in [5.74, 6) is -0.537. The second-order valence-corrected chi connectivity index (χ2v) is 9.80. The van der Waals surface area contributed by atoms with Gasteiger partial charge in [0, 0.05) is 37.9 Å². The van der Waals surface area contributed by atoms with Gasteiger partial charge < -0.3 is 30.2 Å². The number of aromatic nitrogens is 4. The molecule has 2 amide bonds. The Bertz CT molecular complexity index is 1460. The van der Waals surface area contributed by atoms with Crippen LogP contribution < -0.4 is 15.8 Å². The Morgan fingerprint density at radius 3 is 2.67 bits per heavy atom. The summed E-state index contributed by atoms with van der Waals surface area (Å²) in [5, 5.41) is 6.84. The maximum atomic E-state index is 14.7. The zero-order valence-corrected chi connectivity index (χ0v) is 22.4. The van der Waals surface area contributed by atoms with Crippen molar-refractivity contribution in [3.05, 3.63) is 35.8 Å². The lowest BCUT2D eigenvalue weighted by atomic mass is 10.1. The number of pyridine rings is 1. The van der Waals surface area contributed by atoms with Crippen LogP contribution in [0, 0.1) is 0 Å². The lowest BCUT2D eigenvalue weighted by molar-refractivity contribution is -0.162. The van der Waals surface area contributed by atoms with Crippen LogP contribution in [-0.2, 0) is 16.0 Å².